The lowest BCUT2D eigenvalue weighted by Gasteiger charge is -2.11. The molecule has 2 N–H and O–H groups in total. The summed E-state index contributed by atoms with van der Waals surface area (Å²) in [6.07, 6.45) is 2.46. The molecule has 1 aromatic rings. The fraction of sp³-hybridized carbons (Fsp3) is 0.500. The van der Waals surface area contributed by atoms with Gasteiger partial charge in [-0.25, -0.2) is 4.39 Å². The first kappa shape index (κ1) is 15.9. The average molecular weight is 287 g/mol. The molecule has 3 nitrogen and oxygen atoms in total. The first-order valence-corrected chi connectivity index (χ1v) is 6.42. The van der Waals surface area contributed by atoms with Gasteiger partial charge in [0.1, 0.15) is 5.82 Å². The van der Waals surface area contributed by atoms with E-state index in [2.05, 4.69) is 10.6 Å². The van der Waals surface area contributed by atoms with Crippen LogP contribution >= 0.6 is 12.4 Å². The Bertz CT molecular complexity index is 413. The number of aryl methyl sites for hydroxylation is 1. The molecule has 0 aliphatic carbocycles. The van der Waals surface area contributed by atoms with Gasteiger partial charge in [0.2, 0.25) is 5.91 Å². The Morgan fingerprint density at radius 3 is 2.95 bits per heavy atom. The quantitative estimate of drug-likeness (QED) is 0.894. The summed E-state index contributed by atoms with van der Waals surface area (Å²) < 4.78 is 13.5. The normalized spacial score (nSPS) is 17.9. The van der Waals surface area contributed by atoms with E-state index in [4.69, 9.17) is 0 Å². The minimum atomic E-state index is -0.370. The van der Waals surface area contributed by atoms with Crippen molar-refractivity contribution in [2.45, 2.75) is 26.2 Å². The van der Waals surface area contributed by atoms with Crippen molar-refractivity contribution in [1.82, 2.24) is 5.32 Å². The molecule has 0 saturated carbocycles. The minimum Gasteiger partial charge on any atom is -0.323 e. The fourth-order valence-electron chi connectivity index (χ4n) is 2.29. The molecule has 1 aliphatic rings. The van der Waals surface area contributed by atoms with E-state index in [0.29, 0.717) is 18.0 Å². The van der Waals surface area contributed by atoms with Crippen LogP contribution in [0.2, 0.25) is 0 Å². The maximum atomic E-state index is 13.5. The third-order valence-electron chi connectivity index (χ3n) is 3.43. The van der Waals surface area contributed by atoms with E-state index in [1.165, 1.54) is 6.07 Å². The highest BCUT2D eigenvalue weighted by Gasteiger charge is 2.16. The van der Waals surface area contributed by atoms with Gasteiger partial charge in [0.15, 0.2) is 0 Å². The number of rotatable bonds is 4. The van der Waals surface area contributed by atoms with Crippen molar-refractivity contribution >= 4 is 24.0 Å². The van der Waals surface area contributed by atoms with Gasteiger partial charge >= 0.3 is 0 Å². The highest BCUT2D eigenvalue weighted by Crippen LogP contribution is 2.20. The Hall–Kier alpha value is -1.13. The van der Waals surface area contributed by atoms with E-state index in [0.717, 1.165) is 31.5 Å². The molecule has 0 aromatic heterocycles. The maximum Gasteiger partial charge on any atom is 0.224 e. The minimum absolute atomic E-state index is 0. The average Bonchev–Trinajstić information content (AvgIpc) is 2.84. The Labute approximate surface area is 119 Å². The van der Waals surface area contributed by atoms with Crippen molar-refractivity contribution in [2.75, 3.05) is 18.4 Å². The number of nitrogens with one attached hydrogen (secondary N) is 2. The van der Waals surface area contributed by atoms with E-state index in [1.807, 2.05) is 0 Å². The predicted molar refractivity (Wildman–Crippen MR) is 77.2 cm³/mol. The summed E-state index contributed by atoms with van der Waals surface area (Å²) in [7, 11) is 0. The maximum absolute atomic E-state index is 13.5. The molecule has 1 saturated heterocycles. The number of benzene rings is 1. The Kier molecular flexibility index (Phi) is 6.25. The zero-order valence-corrected chi connectivity index (χ0v) is 11.9. The Morgan fingerprint density at radius 2 is 2.32 bits per heavy atom. The van der Waals surface area contributed by atoms with Crippen LogP contribution in [-0.4, -0.2) is 19.0 Å². The summed E-state index contributed by atoms with van der Waals surface area (Å²) >= 11 is 0. The van der Waals surface area contributed by atoms with E-state index < -0.39 is 0 Å². The van der Waals surface area contributed by atoms with Crippen molar-refractivity contribution < 1.29 is 9.18 Å². The largest absolute Gasteiger partial charge is 0.323 e. The third-order valence-corrected chi connectivity index (χ3v) is 3.43. The summed E-state index contributed by atoms with van der Waals surface area (Å²) in [5.74, 6) is 0.110. The molecule has 0 spiro atoms. The standard InChI is InChI=1S/C14H19FN2O.ClH/c1-10-3-2-4-12(15)14(10)17-13(18)6-5-11-7-8-16-9-11;/h2-4,11,16H,5-9H2,1H3,(H,17,18);1H. The molecule has 106 valence electrons. The topological polar surface area (TPSA) is 41.1 Å². The summed E-state index contributed by atoms with van der Waals surface area (Å²) in [5, 5.41) is 5.94. The molecule has 5 heteroatoms. The summed E-state index contributed by atoms with van der Waals surface area (Å²) in [6.45, 7) is 3.82. The van der Waals surface area contributed by atoms with Crippen LogP contribution in [0.25, 0.3) is 0 Å². The molecule has 1 aromatic carbocycles. The monoisotopic (exact) mass is 286 g/mol. The Morgan fingerprint density at radius 1 is 1.53 bits per heavy atom. The van der Waals surface area contributed by atoms with Gasteiger partial charge in [-0.3, -0.25) is 4.79 Å². The van der Waals surface area contributed by atoms with E-state index >= 15 is 0 Å². The molecule has 1 amide bonds. The molecule has 0 bridgehead atoms. The first-order chi connectivity index (χ1) is 8.66. The molecule has 2 rings (SSSR count). The molecular formula is C14H20ClFN2O. The summed E-state index contributed by atoms with van der Waals surface area (Å²) in [6, 6.07) is 4.80. The van der Waals surface area contributed by atoms with Gasteiger partial charge in [-0.15, -0.1) is 12.4 Å². The molecule has 1 heterocycles. The van der Waals surface area contributed by atoms with Gasteiger partial charge in [-0.2, -0.15) is 0 Å². The molecule has 1 atom stereocenters. The lowest BCUT2D eigenvalue weighted by Crippen LogP contribution is -2.16. The second-order valence-electron chi connectivity index (χ2n) is 4.88. The van der Waals surface area contributed by atoms with Crippen LogP contribution in [-0.2, 0) is 4.79 Å². The first-order valence-electron chi connectivity index (χ1n) is 6.42. The molecule has 1 unspecified atom stereocenters. The highest BCUT2D eigenvalue weighted by molar-refractivity contribution is 5.91. The van der Waals surface area contributed by atoms with Crippen LogP contribution in [0.4, 0.5) is 10.1 Å². The molecule has 1 aliphatic heterocycles. The second-order valence-corrected chi connectivity index (χ2v) is 4.88. The molecule has 1 fully saturated rings. The number of amides is 1. The zero-order valence-electron chi connectivity index (χ0n) is 11.0. The SMILES string of the molecule is Cc1cccc(F)c1NC(=O)CCC1CCNC1.Cl. The van der Waals surface area contributed by atoms with Crippen molar-refractivity contribution in [1.29, 1.82) is 0 Å². The van der Waals surface area contributed by atoms with Gasteiger partial charge in [0.05, 0.1) is 5.69 Å². The van der Waals surface area contributed by atoms with Gasteiger partial charge in [0, 0.05) is 6.42 Å². The van der Waals surface area contributed by atoms with Crippen molar-refractivity contribution in [3.8, 4) is 0 Å². The second kappa shape index (κ2) is 7.46. The van der Waals surface area contributed by atoms with E-state index in [-0.39, 0.29) is 24.1 Å². The molecule has 0 radical (unpaired) electrons. The third kappa shape index (κ3) is 4.48. The van der Waals surface area contributed by atoms with Crippen LogP contribution in [0.15, 0.2) is 18.2 Å². The van der Waals surface area contributed by atoms with Gasteiger partial charge in [0.25, 0.3) is 0 Å². The van der Waals surface area contributed by atoms with Gasteiger partial charge < -0.3 is 10.6 Å². The zero-order chi connectivity index (χ0) is 13.0. The van der Waals surface area contributed by atoms with Crippen molar-refractivity contribution in [3.05, 3.63) is 29.6 Å². The molecular weight excluding hydrogens is 267 g/mol. The fourth-order valence-corrected chi connectivity index (χ4v) is 2.29. The number of para-hydroxylation sites is 1. The summed E-state index contributed by atoms with van der Waals surface area (Å²) in [5.41, 5.74) is 1.07. The predicted octanol–water partition coefficient (Wildman–Crippen LogP) is 2.88. The number of carbonyl (C=O) groups excluding carboxylic acids is 1. The number of carbonyl (C=O) groups is 1. The van der Waals surface area contributed by atoms with Gasteiger partial charge in [-0.05, 0) is 50.4 Å². The van der Waals surface area contributed by atoms with Gasteiger partial charge in [-0.1, -0.05) is 12.1 Å². The lowest BCUT2D eigenvalue weighted by molar-refractivity contribution is -0.116. The van der Waals surface area contributed by atoms with Crippen molar-refractivity contribution in [3.63, 3.8) is 0 Å². The number of hydrogen-bond donors (Lipinski definition) is 2. The van der Waals surface area contributed by atoms with Crippen molar-refractivity contribution in [2.24, 2.45) is 5.92 Å². The highest BCUT2D eigenvalue weighted by atomic mass is 35.5. The smallest absolute Gasteiger partial charge is 0.224 e. The van der Waals surface area contributed by atoms with Crippen LogP contribution in [0.5, 0.6) is 0 Å². The van der Waals surface area contributed by atoms with Crippen LogP contribution in [0.1, 0.15) is 24.8 Å². The van der Waals surface area contributed by atoms with Crippen LogP contribution in [0, 0.1) is 18.7 Å². The number of halogens is 2. The van der Waals surface area contributed by atoms with Crippen LogP contribution < -0.4 is 10.6 Å². The molecule has 19 heavy (non-hydrogen) atoms. The summed E-state index contributed by atoms with van der Waals surface area (Å²) in [4.78, 5) is 11.8. The lowest BCUT2D eigenvalue weighted by atomic mass is 10.0. The number of hydrogen-bond acceptors (Lipinski definition) is 2. The number of anilines is 1. The Balaban J connectivity index is 0.00000180. The van der Waals surface area contributed by atoms with E-state index in [9.17, 15) is 9.18 Å². The van der Waals surface area contributed by atoms with Crippen LogP contribution in [0.3, 0.4) is 0 Å². The van der Waals surface area contributed by atoms with E-state index in [1.54, 1.807) is 19.1 Å².